The highest BCUT2D eigenvalue weighted by Gasteiger charge is 2.10. The second-order valence-electron chi connectivity index (χ2n) is 4.40. The summed E-state index contributed by atoms with van der Waals surface area (Å²) in [5, 5.41) is 5.45. The van der Waals surface area contributed by atoms with Crippen LogP contribution in [0.15, 0.2) is 29.6 Å². The maximum absolute atomic E-state index is 11.8. The van der Waals surface area contributed by atoms with Crippen LogP contribution in [-0.4, -0.2) is 38.3 Å². The largest absolute Gasteiger partial charge is 0.497 e. The minimum Gasteiger partial charge on any atom is -0.497 e. The van der Waals surface area contributed by atoms with Crippen LogP contribution in [0.2, 0.25) is 0 Å². The van der Waals surface area contributed by atoms with Crippen molar-refractivity contribution in [1.82, 2.24) is 10.3 Å². The van der Waals surface area contributed by atoms with Crippen molar-refractivity contribution in [2.75, 3.05) is 27.4 Å². The summed E-state index contributed by atoms with van der Waals surface area (Å²) in [6.45, 7) is 0.981. The maximum Gasteiger partial charge on any atom is 0.270 e. The molecule has 1 N–H and O–H groups in total. The van der Waals surface area contributed by atoms with Crippen LogP contribution in [0.5, 0.6) is 5.75 Å². The van der Waals surface area contributed by atoms with Gasteiger partial charge in [0, 0.05) is 25.5 Å². The summed E-state index contributed by atoms with van der Waals surface area (Å²) in [5.41, 5.74) is 1.59. The predicted molar refractivity (Wildman–Crippen MR) is 82.1 cm³/mol. The summed E-state index contributed by atoms with van der Waals surface area (Å²) >= 11 is 1.49. The van der Waals surface area contributed by atoms with Gasteiger partial charge in [-0.1, -0.05) is 12.1 Å². The van der Waals surface area contributed by atoms with Crippen LogP contribution in [0.4, 0.5) is 0 Å². The fourth-order valence-corrected chi connectivity index (χ4v) is 2.58. The molecule has 6 heteroatoms. The molecule has 0 atom stereocenters. The smallest absolute Gasteiger partial charge is 0.270 e. The van der Waals surface area contributed by atoms with Crippen LogP contribution < -0.4 is 10.1 Å². The van der Waals surface area contributed by atoms with E-state index in [1.165, 1.54) is 11.3 Å². The van der Waals surface area contributed by atoms with E-state index in [-0.39, 0.29) is 5.91 Å². The first kappa shape index (κ1) is 15.5. The quantitative estimate of drug-likeness (QED) is 0.796. The second-order valence-corrected chi connectivity index (χ2v) is 5.34. The van der Waals surface area contributed by atoms with Gasteiger partial charge in [0.05, 0.1) is 18.7 Å². The molecule has 21 heavy (non-hydrogen) atoms. The average molecular weight is 306 g/mol. The van der Waals surface area contributed by atoms with Crippen LogP contribution in [0, 0.1) is 0 Å². The SMILES string of the molecule is COCCNC(=O)c1csc(Cc2ccc(OC)cc2)n1. The number of benzene rings is 1. The van der Waals surface area contributed by atoms with Crippen LogP contribution in [-0.2, 0) is 11.2 Å². The fraction of sp³-hybridized carbons (Fsp3) is 0.333. The van der Waals surface area contributed by atoms with E-state index in [0.29, 0.717) is 25.3 Å². The van der Waals surface area contributed by atoms with Crippen molar-refractivity contribution in [2.45, 2.75) is 6.42 Å². The number of nitrogens with one attached hydrogen (secondary N) is 1. The van der Waals surface area contributed by atoms with Gasteiger partial charge in [-0.3, -0.25) is 4.79 Å². The lowest BCUT2D eigenvalue weighted by molar-refractivity contribution is 0.0932. The van der Waals surface area contributed by atoms with E-state index in [1.54, 1.807) is 19.6 Å². The molecule has 1 amide bonds. The van der Waals surface area contributed by atoms with Gasteiger partial charge in [-0.05, 0) is 17.7 Å². The number of ether oxygens (including phenoxy) is 2. The zero-order valence-electron chi connectivity index (χ0n) is 12.1. The molecule has 0 radical (unpaired) electrons. The van der Waals surface area contributed by atoms with Crippen LogP contribution in [0.3, 0.4) is 0 Å². The molecule has 112 valence electrons. The van der Waals surface area contributed by atoms with E-state index in [0.717, 1.165) is 16.3 Å². The van der Waals surface area contributed by atoms with Gasteiger partial charge < -0.3 is 14.8 Å². The summed E-state index contributed by atoms with van der Waals surface area (Å²) < 4.78 is 10.0. The maximum atomic E-state index is 11.8. The molecular formula is C15H18N2O3S. The molecule has 1 aromatic carbocycles. The van der Waals surface area contributed by atoms with E-state index in [4.69, 9.17) is 9.47 Å². The third-order valence-electron chi connectivity index (χ3n) is 2.89. The molecule has 5 nitrogen and oxygen atoms in total. The van der Waals surface area contributed by atoms with Gasteiger partial charge in [0.2, 0.25) is 0 Å². The van der Waals surface area contributed by atoms with Crippen molar-refractivity contribution < 1.29 is 14.3 Å². The first-order valence-electron chi connectivity index (χ1n) is 6.57. The molecule has 1 heterocycles. The van der Waals surface area contributed by atoms with Gasteiger partial charge in [0.1, 0.15) is 11.4 Å². The molecule has 0 aliphatic rings. The molecule has 0 unspecified atom stereocenters. The van der Waals surface area contributed by atoms with Crippen molar-refractivity contribution in [2.24, 2.45) is 0 Å². The number of thiazole rings is 1. The Morgan fingerprint density at radius 2 is 2.05 bits per heavy atom. The lowest BCUT2D eigenvalue weighted by atomic mass is 10.1. The zero-order valence-corrected chi connectivity index (χ0v) is 12.9. The number of nitrogens with zero attached hydrogens (tertiary/aromatic N) is 1. The lowest BCUT2D eigenvalue weighted by Crippen LogP contribution is -2.27. The van der Waals surface area contributed by atoms with E-state index < -0.39 is 0 Å². The van der Waals surface area contributed by atoms with Gasteiger partial charge in [0.25, 0.3) is 5.91 Å². The van der Waals surface area contributed by atoms with Crippen molar-refractivity contribution in [1.29, 1.82) is 0 Å². The number of hydrogen-bond donors (Lipinski definition) is 1. The number of hydrogen-bond acceptors (Lipinski definition) is 5. The topological polar surface area (TPSA) is 60.5 Å². The van der Waals surface area contributed by atoms with Crippen LogP contribution in [0.1, 0.15) is 21.1 Å². The van der Waals surface area contributed by atoms with Crippen molar-refractivity contribution in [3.05, 3.63) is 45.9 Å². The Bertz CT molecular complexity index is 581. The third kappa shape index (κ3) is 4.54. The van der Waals surface area contributed by atoms with Gasteiger partial charge in [-0.15, -0.1) is 11.3 Å². The Hall–Kier alpha value is -1.92. The number of carbonyl (C=O) groups excluding carboxylic acids is 1. The van der Waals surface area contributed by atoms with E-state index >= 15 is 0 Å². The fourth-order valence-electron chi connectivity index (χ4n) is 1.77. The number of methoxy groups -OCH3 is 2. The highest BCUT2D eigenvalue weighted by molar-refractivity contribution is 7.09. The van der Waals surface area contributed by atoms with E-state index in [1.807, 2.05) is 24.3 Å². The normalized spacial score (nSPS) is 10.4. The van der Waals surface area contributed by atoms with Crippen LogP contribution >= 0.6 is 11.3 Å². The first-order chi connectivity index (χ1) is 10.2. The first-order valence-corrected chi connectivity index (χ1v) is 7.45. The number of carbonyl (C=O) groups is 1. The monoisotopic (exact) mass is 306 g/mol. The summed E-state index contributed by atoms with van der Waals surface area (Å²) in [6.07, 6.45) is 0.708. The molecule has 2 aromatic rings. The van der Waals surface area contributed by atoms with Gasteiger partial charge in [-0.25, -0.2) is 4.98 Å². The molecule has 0 fully saturated rings. The molecule has 0 saturated heterocycles. The Morgan fingerprint density at radius 3 is 2.71 bits per heavy atom. The number of rotatable bonds is 7. The lowest BCUT2D eigenvalue weighted by Gasteiger charge is -2.02. The summed E-state index contributed by atoms with van der Waals surface area (Å²) in [7, 11) is 3.24. The zero-order chi connectivity index (χ0) is 15.1. The number of aromatic nitrogens is 1. The summed E-state index contributed by atoms with van der Waals surface area (Å²) in [6, 6.07) is 7.83. The molecule has 0 aliphatic carbocycles. The molecule has 0 aliphatic heterocycles. The van der Waals surface area contributed by atoms with Gasteiger partial charge in [0.15, 0.2) is 0 Å². The standard InChI is InChI=1S/C15H18N2O3S/c1-19-8-7-16-15(18)13-10-21-14(17-13)9-11-3-5-12(20-2)6-4-11/h3-6,10H,7-9H2,1-2H3,(H,16,18). The van der Waals surface area contributed by atoms with Gasteiger partial charge >= 0.3 is 0 Å². The Kier molecular flexibility index (Phi) is 5.71. The number of amides is 1. The van der Waals surface area contributed by atoms with E-state index in [9.17, 15) is 4.79 Å². The molecule has 1 aromatic heterocycles. The average Bonchev–Trinajstić information content (AvgIpc) is 2.97. The second kappa shape index (κ2) is 7.75. The predicted octanol–water partition coefficient (Wildman–Crippen LogP) is 2.12. The third-order valence-corrected chi connectivity index (χ3v) is 3.74. The summed E-state index contributed by atoms with van der Waals surface area (Å²) in [4.78, 5) is 16.2. The molecule has 0 saturated carbocycles. The molecule has 2 rings (SSSR count). The Labute approximate surface area is 127 Å². The highest BCUT2D eigenvalue weighted by Crippen LogP contribution is 2.17. The minimum absolute atomic E-state index is 0.163. The van der Waals surface area contributed by atoms with E-state index in [2.05, 4.69) is 10.3 Å². The Balaban J connectivity index is 1.94. The Morgan fingerprint density at radius 1 is 1.29 bits per heavy atom. The highest BCUT2D eigenvalue weighted by atomic mass is 32.1. The van der Waals surface area contributed by atoms with Crippen LogP contribution in [0.25, 0.3) is 0 Å². The van der Waals surface area contributed by atoms with Crippen molar-refractivity contribution >= 4 is 17.2 Å². The minimum atomic E-state index is -0.163. The molecular weight excluding hydrogens is 288 g/mol. The summed E-state index contributed by atoms with van der Waals surface area (Å²) in [5.74, 6) is 0.667. The van der Waals surface area contributed by atoms with Gasteiger partial charge in [-0.2, -0.15) is 0 Å². The molecule has 0 bridgehead atoms. The molecule has 0 spiro atoms. The van der Waals surface area contributed by atoms with Crippen molar-refractivity contribution in [3.63, 3.8) is 0 Å². The van der Waals surface area contributed by atoms with Crippen molar-refractivity contribution in [3.8, 4) is 5.75 Å².